The van der Waals surface area contributed by atoms with Gasteiger partial charge in [-0.1, -0.05) is 66.7 Å². The molecule has 2 unspecified atom stereocenters. The molecule has 0 aliphatic carbocycles. The number of piperidine rings is 1. The molecule has 31 heavy (non-hydrogen) atoms. The first-order valence-electron chi connectivity index (χ1n) is 11.2. The molecule has 0 radical (unpaired) electrons. The quantitative estimate of drug-likeness (QED) is 0.532. The van der Waals surface area contributed by atoms with Crippen LogP contribution in [0, 0.1) is 0 Å². The highest BCUT2D eigenvalue weighted by Crippen LogP contribution is 2.41. The van der Waals surface area contributed by atoms with Gasteiger partial charge in [-0.05, 0) is 73.5 Å². The van der Waals surface area contributed by atoms with Crippen molar-refractivity contribution in [3.05, 3.63) is 101 Å². The lowest BCUT2D eigenvalue weighted by atomic mass is 9.82. The van der Waals surface area contributed by atoms with Crippen LogP contribution in [-0.2, 0) is 12.1 Å². The highest BCUT2D eigenvalue weighted by atomic mass is 16.5. The van der Waals surface area contributed by atoms with Crippen molar-refractivity contribution in [3.8, 4) is 5.75 Å². The standard InChI is InChI=1S/C28H33NO2/c1-28(2,30)25-14-12-22(13-15-25)27-19-24(23-10-7-11-26(18-23)31-3)16-17-29(27)20-21-8-5-4-6-9-21/h4-15,18,24,27,30H,16-17,19-20H2,1-3H3. The van der Waals surface area contributed by atoms with Gasteiger partial charge in [-0.15, -0.1) is 0 Å². The summed E-state index contributed by atoms with van der Waals surface area (Å²) in [7, 11) is 1.73. The number of rotatable bonds is 6. The van der Waals surface area contributed by atoms with Crippen LogP contribution in [0.1, 0.15) is 60.9 Å². The fourth-order valence-electron chi connectivity index (χ4n) is 4.68. The fourth-order valence-corrected chi connectivity index (χ4v) is 4.68. The molecule has 1 heterocycles. The Labute approximate surface area is 186 Å². The highest BCUT2D eigenvalue weighted by Gasteiger charge is 2.31. The van der Waals surface area contributed by atoms with Crippen molar-refractivity contribution in [2.45, 2.75) is 50.8 Å². The van der Waals surface area contributed by atoms with E-state index in [1.807, 2.05) is 19.9 Å². The van der Waals surface area contributed by atoms with E-state index < -0.39 is 5.60 Å². The number of nitrogens with zero attached hydrogens (tertiary/aromatic N) is 1. The molecule has 0 aromatic heterocycles. The summed E-state index contributed by atoms with van der Waals surface area (Å²) in [5.74, 6) is 1.43. The van der Waals surface area contributed by atoms with E-state index in [2.05, 4.69) is 77.7 Å². The Hall–Kier alpha value is -2.62. The molecule has 3 aromatic rings. The number of methoxy groups -OCH3 is 1. The van der Waals surface area contributed by atoms with Gasteiger partial charge in [-0.2, -0.15) is 0 Å². The minimum Gasteiger partial charge on any atom is -0.497 e. The molecule has 0 saturated carbocycles. The van der Waals surface area contributed by atoms with Gasteiger partial charge in [0.25, 0.3) is 0 Å². The molecule has 1 aliphatic rings. The van der Waals surface area contributed by atoms with Crippen molar-refractivity contribution in [3.63, 3.8) is 0 Å². The summed E-state index contributed by atoms with van der Waals surface area (Å²) >= 11 is 0. The predicted molar refractivity (Wildman–Crippen MR) is 126 cm³/mol. The first-order chi connectivity index (χ1) is 14.9. The second-order valence-electron chi connectivity index (χ2n) is 9.15. The molecule has 3 nitrogen and oxygen atoms in total. The van der Waals surface area contributed by atoms with E-state index in [9.17, 15) is 5.11 Å². The Morgan fingerprint density at radius 3 is 2.35 bits per heavy atom. The van der Waals surface area contributed by atoms with Crippen LogP contribution in [0.3, 0.4) is 0 Å². The smallest absolute Gasteiger partial charge is 0.119 e. The summed E-state index contributed by atoms with van der Waals surface area (Å²) in [4.78, 5) is 2.60. The monoisotopic (exact) mass is 415 g/mol. The third-order valence-corrected chi connectivity index (χ3v) is 6.51. The molecule has 2 atom stereocenters. The van der Waals surface area contributed by atoms with Crippen molar-refractivity contribution >= 4 is 0 Å². The third kappa shape index (κ3) is 5.17. The zero-order valence-electron chi connectivity index (χ0n) is 18.8. The van der Waals surface area contributed by atoms with Gasteiger partial charge in [0.2, 0.25) is 0 Å². The summed E-state index contributed by atoms with van der Waals surface area (Å²) in [6.07, 6.45) is 2.21. The number of likely N-dealkylation sites (tertiary alicyclic amines) is 1. The summed E-state index contributed by atoms with van der Waals surface area (Å²) in [5, 5.41) is 10.4. The lowest BCUT2D eigenvalue weighted by molar-refractivity contribution is 0.0784. The zero-order chi connectivity index (χ0) is 21.8. The lowest BCUT2D eigenvalue weighted by Gasteiger charge is -2.40. The van der Waals surface area contributed by atoms with Crippen LogP contribution in [0.5, 0.6) is 5.75 Å². The Balaban J connectivity index is 1.62. The molecule has 1 aliphatic heterocycles. The van der Waals surface area contributed by atoms with E-state index >= 15 is 0 Å². The van der Waals surface area contributed by atoms with Crippen molar-refractivity contribution in [1.29, 1.82) is 0 Å². The van der Waals surface area contributed by atoms with Crippen LogP contribution < -0.4 is 4.74 Å². The van der Waals surface area contributed by atoms with Crippen LogP contribution in [0.25, 0.3) is 0 Å². The minimum atomic E-state index is -0.821. The predicted octanol–water partition coefficient (Wildman–Crippen LogP) is 6.04. The van der Waals surface area contributed by atoms with Crippen LogP contribution in [-0.4, -0.2) is 23.7 Å². The molecule has 4 rings (SSSR count). The number of ether oxygens (including phenoxy) is 1. The van der Waals surface area contributed by atoms with E-state index in [-0.39, 0.29) is 0 Å². The molecular weight excluding hydrogens is 382 g/mol. The summed E-state index contributed by atoms with van der Waals surface area (Å²) in [5.41, 5.74) is 4.15. The van der Waals surface area contributed by atoms with Gasteiger partial charge in [-0.25, -0.2) is 0 Å². The maximum Gasteiger partial charge on any atom is 0.119 e. The minimum absolute atomic E-state index is 0.334. The van der Waals surface area contributed by atoms with Gasteiger partial charge in [-0.3, -0.25) is 4.90 Å². The van der Waals surface area contributed by atoms with Crippen molar-refractivity contribution < 1.29 is 9.84 Å². The summed E-state index contributed by atoms with van der Waals surface area (Å²) in [6.45, 7) is 5.67. The Morgan fingerprint density at radius 2 is 1.68 bits per heavy atom. The number of benzene rings is 3. The second-order valence-corrected chi connectivity index (χ2v) is 9.15. The van der Waals surface area contributed by atoms with E-state index in [0.29, 0.717) is 12.0 Å². The van der Waals surface area contributed by atoms with Gasteiger partial charge in [0.1, 0.15) is 5.75 Å². The number of hydrogen-bond donors (Lipinski definition) is 1. The molecule has 1 saturated heterocycles. The van der Waals surface area contributed by atoms with E-state index in [1.165, 1.54) is 16.7 Å². The summed E-state index contributed by atoms with van der Waals surface area (Å²) in [6, 6.07) is 28.1. The average Bonchev–Trinajstić information content (AvgIpc) is 2.79. The molecule has 1 fully saturated rings. The summed E-state index contributed by atoms with van der Waals surface area (Å²) < 4.78 is 5.47. The Bertz CT molecular complexity index is 976. The molecule has 162 valence electrons. The van der Waals surface area contributed by atoms with Gasteiger partial charge < -0.3 is 9.84 Å². The SMILES string of the molecule is COc1cccc(C2CCN(Cc3ccccc3)C(c3ccc(C(C)(C)O)cc3)C2)c1. The second kappa shape index (κ2) is 9.25. The molecule has 0 bridgehead atoms. The van der Waals surface area contributed by atoms with Gasteiger partial charge in [0.05, 0.1) is 12.7 Å². The maximum atomic E-state index is 10.4. The van der Waals surface area contributed by atoms with Crippen molar-refractivity contribution in [2.75, 3.05) is 13.7 Å². The van der Waals surface area contributed by atoms with Crippen LogP contribution in [0.4, 0.5) is 0 Å². The first kappa shape index (κ1) is 21.6. The average molecular weight is 416 g/mol. The van der Waals surface area contributed by atoms with Crippen molar-refractivity contribution in [1.82, 2.24) is 4.90 Å². The topological polar surface area (TPSA) is 32.7 Å². The van der Waals surface area contributed by atoms with Gasteiger partial charge in [0.15, 0.2) is 0 Å². The molecule has 0 spiro atoms. The van der Waals surface area contributed by atoms with Gasteiger partial charge >= 0.3 is 0 Å². The largest absolute Gasteiger partial charge is 0.497 e. The number of hydrogen-bond acceptors (Lipinski definition) is 3. The Morgan fingerprint density at radius 1 is 0.935 bits per heavy atom. The molecule has 3 aromatic carbocycles. The van der Waals surface area contributed by atoms with Crippen molar-refractivity contribution in [2.24, 2.45) is 0 Å². The van der Waals surface area contributed by atoms with E-state index in [4.69, 9.17) is 4.74 Å². The Kier molecular flexibility index (Phi) is 6.45. The van der Waals surface area contributed by atoms with E-state index in [1.54, 1.807) is 7.11 Å². The first-order valence-corrected chi connectivity index (χ1v) is 11.2. The highest BCUT2D eigenvalue weighted by molar-refractivity contribution is 5.33. The van der Waals surface area contributed by atoms with E-state index in [0.717, 1.165) is 37.2 Å². The molecule has 3 heteroatoms. The van der Waals surface area contributed by atoms with Crippen LogP contribution >= 0.6 is 0 Å². The zero-order valence-corrected chi connectivity index (χ0v) is 18.8. The van der Waals surface area contributed by atoms with Crippen LogP contribution in [0.2, 0.25) is 0 Å². The maximum absolute atomic E-state index is 10.4. The lowest BCUT2D eigenvalue weighted by Crippen LogP contribution is -2.35. The number of aliphatic hydroxyl groups is 1. The fraction of sp³-hybridized carbons (Fsp3) is 0.357. The normalized spacial score (nSPS) is 19.9. The molecule has 1 N–H and O–H groups in total. The molecule has 0 amide bonds. The van der Waals surface area contributed by atoms with Gasteiger partial charge in [0, 0.05) is 12.6 Å². The van der Waals surface area contributed by atoms with Crippen LogP contribution in [0.15, 0.2) is 78.9 Å². The molecular formula is C28H33NO2. The third-order valence-electron chi connectivity index (χ3n) is 6.51.